The number of ketones is 1. The summed E-state index contributed by atoms with van der Waals surface area (Å²) in [7, 11) is 0. The summed E-state index contributed by atoms with van der Waals surface area (Å²) < 4.78 is 1.06. The lowest BCUT2D eigenvalue weighted by Gasteiger charge is -2.05. The standard InChI is InChI=1S/C24H16N2OS/c27-22(19-9-8-17-5-1-2-6-18(17)14-19)13-16-4-3-7-20(12-16)24-26-21-10-11-25-15-23(21)28-24/h1-12,14-15H,13H2. The number of carbonyl (C=O) groups is 1. The summed E-state index contributed by atoms with van der Waals surface area (Å²) in [6, 6.07) is 24.0. The van der Waals surface area contributed by atoms with E-state index >= 15 is 0 Å². The first kappa shape index (κ1) is 16.8. The number of fused-ring (bicyclic) bond motifs is 2. The SMILES string of the molecule is O=C(Cc1cccc(-c2nc3ccncc3s2)c1)c1ccc2ccccc2c1. The van der Waals surface area contributed by atoms with Gasteiger partial charge in [0.25, 0.3) is 0 Å². The van der Waals surface area contributed by atoms with Crippen molar-refractivity contribution in [3.05, 3.63) is 96.3 Å². The van der Waals surface area contributed by atoms with Crippen LogP contribution in [-0.2, 0) is 6.42 Å². The van der Waals surface area contributed by atoms with Gasteiger partial charge in [-0.15, -0.1) is 11.3 Å². The molecule has 0 radical (unpaired) electrons. The number of rotatable bonds is 4. The van der Waals surface area contributed by atoms with Gasteiger partial charge in [0, 0.05) is 29.9 Å². The lowest BCUT2D eigenvalue weighted by molar-refractivity contribution is 0.0993. The highest BCUT2D eigenvalue weighted by Crippen LogP contribution is 2.30. The summed E-state index contributed by atoms with van der Waals surface area (Å²) in [6.07, 6.45) is 3.96. The van der Waals surface area contributed by atoms with Crippen molar-refractivity contribution in [1.82, 2.24) is 9.97 Å². The first-order valence-electron chi connectivity index (χ1n) is 9.08. The average molecular weight is 380 g/mol. The molecule has 0 bridgehead atoms. The van der Waals surface area contributed by atoms with Crippen LogP contribution in [0.1, 0.15) is 15.9 Å². The normalized spacial score (nSPS) is 11.1. The molecule has 3 nitrogen and oxygen atoms in total. The monoisotopic (exact) mass is 380 g/mol. The quantitative estimate of drug-likeness (QED) is 0.363. The summed E-state index contributed by atoms with van der Waals surface area (Å²) in [5, 5.41) is 3.18. The van der Waals surface area contributed by atoms with E-state index in [0.29, 0.717) is 6.42 Å². The average Bonchev–Trinajstić information content (AvgIpc) is 3.18. The number of aromatic nitrogens is 2. The van der Waals surface area contributed by atoms with E-state index in [1.165, 1.54) is 0 Å². The summed E-state index contributed by atoms with van der Waals surface area (Å²) in [5.41, 5.74) is 3.72. The van der Waals surface area contributed by atoms with Gasteiger partial charge in [-0.25, -0.2) is 4.98 Å². The smallest absolute Gasteiger partial charge is 0.167 e. The zero-order valence-electron chi connectivity index (χ0n) is 15.0. The molecule has 0 atom stereocenters. The highest BCUT2D eigenvalue weighted by atomic mass is 32.1. The number of nitrogens with zero attached hydrogens (tertiary/aromatic N) is 2. The van der Waals surface area contributed by atoms with Gasteiger partial charge in [0.1, 0.15) is 5.01 Å². The van der Waals surface area contributed by atoms with E-state index in [1.54, 1.807) is 17.5 Å². The fourth-order valence-corrected chi connectivity index (χ4v) is 4.30. The number of benzene rings is 3. The van der Waals surface area contributed by atoms with Gasteiger partial charge in [-0.2, -0.15) is 0 Å². The molecule has 0 saturated carbocycles. The van der Waals surface area contributed by atoms with Crippen LogP contribution in [0.3, 0.4) is 0 Å². The maximum Gasteiger partial charge on any atom is 0.167 e. The summed E-state index contributed by atoms with van der Waals surface area (Å²) >= 11 is 1.62. The molecule has 0 N–H and O–H groups in total. The van der Waals surface area contributed by atoms with E-state index in [4.69, 9.17) is 0 Å². The lowest BCUT2D eigenvalue weighted by atomic mass is 9.99. The molecule has 0 aliphatic rings. The van der Waals surface area contributed by atoms with Crippen LogP contribution in [0.5, 0.6) is 0 Å². The third kappa shape index (κ3) is 3.19. The summed E-state index contributed by atoms with van der Waals surface area (Å²) in [6.45, 7) is 0. The first-order chi connectivity index (χ1) is 13.8. The van der Waals surface area contributed by atoms with Crippen LogP contribution in [0.15, 0.2) is 85.2 Å². The number of pyridine rings is 1. The van der Waals surface area contributed by atoms with Crippen molar-refractivity contribution in [2.45, 2.75) is 6.42 Å². The second kappa shape index (κ2) is 6.98. The Labute approximate surface area is 166 Å². The Morgan fingerprint density at radius 1 is 0.893 bits per heavy atom. The second-order valence-electron chi connectivity index (χ2n) is 6.72. The molecule has 2 aromatic heterocycles. The van der Waals surface area contributed by atoms with Gasteiger partial charge in [-0.05, 0) is 34.5 Å². The van der Waals surface area contributed by atoms with Crippen molar-refractivity contribution in [3.63, 3.8) is 0 Å². The Hall–Kier alpha value is -3.37. The van der Waals surface area contributed by atoms with Gasteiger partial charge in [0.2, 0.25) is 0 Å². The molecule has 0 aliphatic carbocycles. The molecule has 0 spiro atoms. The Morgan fingerprint density at radius 3 is 2.68 bits per heavy atom. The van der Waals surface area contributed by atoms with Crippen LogP contribution in [0.25, 0.3) is 31.6 Å². The molecule has 2 heterocycles. The number of hydrogen-bond donors (Lipinski definition) is 0. The van der Waals surface area contributed by atoms with Crippen molar-refractivity contribution < 1.29 is 4.79 Å². The van der Waals surface area contributed by atoms with Crippen LogP contribution in [0.4, 0.5) is 0 Å². The molecular formula is C24H16N2OS. The minimum absolute atomic E-state index is 0.122. The third-order valence-corrected chi connectivity index (χ3v) is 5.86. The number of Topliss-reactive ketones (excluding diaryl/α,β-unsaturated/α-hetero) is 1. The molecule has 0 aliphatic heterocycles. The molecule has 4 heteroatoms. The Morgan fingerprint density at radius 2 is 1.79 bits per heavy atom. The molecule has 0 fully saturated rings. The lowest BCUT2D eigenvalue weighted by Crippen LogP contribution is -2.03. The van der Waals surface area contributed by atoms with Crippen LogP contribution in [0.2, 0.25) is 0 Å². The zero-order chi connectivity index (χ0) is 18.9. The van der Waals surface area contributed by atoms with E-state index < -0.39 is 0 Å². The van der Waals surface area contributed by atoms with Gasteiger partial charge in [-0.1, -0.05) is 54.6 Å². The predicted octanol–water partition coefficient (Wildman–Crippen LogP) is 5.94. The van der Waals surface area contributed by atoms with Crippen molar-refractivity contribution in [2.24, 2.45) is 0 Å². The van der Waals surface area contributed by atoms with Gasteiger partial charge in [-0.3, -0.25) is 9.78 Å². The fraction of sp³-hybridized carbons (Fsp3) is 0.0417. The van der Waals surface area contributed by atoms with Gasteiger partial charge >= 0.3 is 0 Å². The van der Waals surface area contributed by atoms with Gasteiger partial charge < -0.3 is 0 Å². The topological polar surface area (TPSA) is 42.9 Å². The van der Waals surface area contributed by atoms with Gasteiger partial charge in [0.05, 0.1) is 10.2 Å². The predicted molar refractivity (Wildman–Crippen MR) is 115 cm³/mol. The number of hydrogen-bond acceptors (Lipinski definition) is 4. The minimum atomic E-state index is 0.122. The zero-order valence-corrected chi connectivity index (χ0v) is 15.8. The molecule has 5 aromatic rings. The molecule has 0 saturated heterocycles. The maximum absolute atomic E-state index is 12.8. The van der Waals surface area contributed by atoms with E-state index in [1.807, 2.05) is 66.9 Å². The van der Waals surface area contributed by atoms with Crippen molar-refractivity contribution in [2.75, 3.05) is 0 Å². The molecular weight excluding hydrogens is 364 g/mol. The molecule has 3 aromatic carbocycles. The third-order valence-electron chi connectivity index (χ3n) is 4.80. The Kier molecular flexibility index (Phi) is 4.18. The van der Waals surface area contributed by atoms with E-state index in [-0.39, 0.29) is 5.78 Å². The number of thiazole rings is 1. The Balaban J connectivity index is 1.43. The molecule has 28 heavy (non-hydrogen) atoms. The van der Waals surface area contributed by atoms with Crippen molar-refractivity contribution in [3.8, 4) is 10.6 Å². The van der Waals surface area contributed by atoms with Crippen LogP contribution < -0.4 is 0 Å². The minimum Gasteiger partial charge on any atom is -0.294 e. The van der Waals surface area contributed by atoms with Crippen LogP contribution >= 0.6 is 11.3 Å². The van der Waals surface area contributed by atoms with E-state index in [9.17, 15) is 4.79 Å². The van der Waals surface area contributed by atoms with E-state index in [0.717, 1.165) is 42.7 Å². The molecule has 0 unspecified atom stereocenters. The molecule has 0 amide bonds. The van der Waals surface area contributed by atoms with Gasteiger partial charge in [0.15, 0.2) is 5.78 Å². The van der Waals surface area contributed by atoms with Crippen LogP contribution in [0, 0.1) is 0 Å². The number of carbonyl (C=O) groups excluding carboxylic acids is 1. The van der Waals surface area contributed by atoms with Crippen molar-refractivity contribution in [1.29, 1.82) is 0 Å². The second-order valence-corrected chi connectivity index (χ2v) is 7.76. The highest BCUT2D eigenvalue weighted by molar-refractivity contribution is 7.21. The van der Waals surface area contributed by atoms with E-state index in [2.05, 4.69) is 22.1 Å². The fourth-order valence-electron chi connectivity index (χ4n) is 3.37. The van der Waals surface area contributed by atoms with Crippen molar-refractivity contribution >= 4 is 38.1 Å². The maximum atomic E-state index is 12.8. The largest absolute Gasteiger partial charge is 0.294 e. The van der Waals surface area contributed by atoms with Crippen LogP contribution in [-0.4, -0.2) is 15.8 Å². The Bertz CT molecular complexity index is 1290. The molecule has 134 valence electrons. The highest BCUT2D eigenvalue weighted by Gasteiger charge is 2.11. The molecule has 5 rings (SSSR count). The summed E-state index contributed by atoms with van der Waals surface area (Å²) in [4.78, 5) is 21.7. The first-order valence-corrected chi connectivity index (χ1v) is 9.90. The summed E-state index contributed by atoms with van der Waals surface area (Å²) in [5.74, 6) is 0.122.